The fraction of sp³-hybridized carbons (Fsp3) is 0.286. The summed E-state index contributed by atoms with van der Waals surface area (Å²) in [5.74, 6) is 0.371. The number of hydrogen-bond acceptors (Lipinski definition) is 4. The van der Waals surface area contributed by atoms with Crippen LogP contribution in [0.2, 0.25) is 15.1 Å². The Labute approximate surface area is 136 Å². The molecule has 0 N–H and O–H groups in total. The lowest BCUT2D eigenvalue weighted by Crippen LogP contribution is -2.10. The highest BCUT2D eigenvalue weighted by Crippen LogP contribution is 2.36. The third-order valence-electron chi connectivity index (χ3n) is 2.94. The van der Waals surface area contributed by atoms with Crippen LogP contribution in [0.3, 0.4) is 0 Å². The van der Waals surface area contributed by atoms with E-state index in [0.717, 1.165) is 11.3 Å². The van der Waals surface area contributed by atoms with Crippen LogP contribution in [0.5, 0.6) is 5.75 Å². The van der Waals surface area contributed by atoms with Gasteiger partial charge in [0, 0.05) is 10.6 Å². The number of aryl methyl sites for hydroxylation is 2. The van der Waals surface area contributed by atoms with Crippen LogP contribution in [0.15, 0.2) is 16.7 Å². The van der Waals surface area contributed by atoms with Crippen molar-refractivity contribution in [3.05, 3.63) is 44.2 Å². The third-order valence-corrected chi connectivity index (χ3v) is 3.72. The topological polar surface area (TPSA) is 52.3 Å². The zero-order valence-corrected chi connectivity index (χ0v) is 13.6. The van der Waals surface area contributed by atoms with E-state index in [1.54, 1.807) is 6.92 Å². The molecule has 1 heterocycles. The molecule has 0 atom stereocenters. The van der Waals surface area contributed by atoms with E-state index in [9.17, 15) is 4.79 Å². The van der Waals surface area contributed by atoms with Gasteiger partial charge in [0.15, 0.2) is 5.75 Å². The van der Waals surface area contributed by atoms with E-state index in [0.29, 0.717) is 17.2 Å². The number of rotatable bonds is 4. The lowest BCUT2D eigenvalue weighted by atomic mass is 10.1. The van der Waals surface area contributed by atoms with Crippen LogP contribution < -0.4 is 4.74 Å². The number of carbonyl (C=O) groups is 1. The van der Waals surface area contributed by atoms with Crippen molar-refractivity contribution in [1.29, 1.82) is 0 Å². The molecule has 0 aliphatic heterocycles. The van der Waals surface area contributed by atoms with E-state index in [1.165, 1.54) is 12.1 Å². The van der Waals surface area contributed by atoms with Gasteiger partial charge in [-0.3, -0.25) is 4.79 Å². The van der Waals surface area contributed by atoms with Gasteiger partial charge in [-0.05, 0) is 32.4 Å². The van der Waals surface area contributed by atoms with Gasteiger partial charge in [0.25, 0.3) is 0 Å². The van der Waals surface area contributed by atoms with Crippen LogP contribution in [0.25, 0.3) is 0 Å². The first-order valence-electron chi connectivity index (χ1n) is 6.15. The summed E-state index contributed by atoms with van der Waals surface area (Å²) in [6, 6.07) is 2.93. The fourth-order valence-electron chi connectivity index (χ4n) is 1.88. The maximum atomic E-state index is 11.9. The maximum Gasteiger partial charge on any atom is 0.311 e. The molecule has 1 aromatic heterocycles. The minimum Gasteiger partial charge on any atom is -0.423 e. The van der Waals surface area contributed by atoms with Crippen LogP contribution >= 0.6 is 34.8 Å². The summed E-state index contributed by atoms with van der Waals surface area (Å²) in [6.45, 7) is 3.62. The SMILES string of the molecule is Cc1noc(C)c1CCC(=O)Oc1c(Cl)cc(Cl)cc1Cl. The lowest BCUT2D eigenvalue weighted by molar-refractivity contribution is -0.134. The highest BCUT2D eigenvalue weighted by molar-refractivity contribution is 6.40. The largest absolute Gasteiger partial charge is 0.423 e. The molecule has 21 heavy (non-hydrogen) atoms. The maximum absolute atomic E-state index is 11.9. The van der Waals surface area contributed by atoms with Gasteiger partial charge in [0.05, 0.1) is 22.2 Å². The Morgan fingerprint density at radius 1 is 1.24 bits per heavy atom. The Morgan fingerprint density at radius 3 is 2.38 bits per heavy atom. The van der Waals surface area contributed by atoms with Crippen molar-refractivity contribution in [1.82, 2.24) is 5.16 Å². The molecule has 0 bridgehead atoms. The quantitative estimate of drug-likeness (QED) is 0.589. The minimum absolute atomic E-state index is 0.117. The molecule has 1 aromatic carbocycles. The Hall–Kier alpha value is -1.23. The van der Waals surface area contributed by atoms with Crippen molar-refractivity contribution in [3.8, 4) is 5.75 Å². The van der Waals surface area contributed by atoms with Crippen molar-refractivity contribution in [2.24, 2.45) is 0 Å². The number of ether oxygens (including phenoxy) is 1. The van der Waals surface area contributed by atoms with E-state index >= 15 is 0 Å². The van der Waals surface area contributed by atoms with Gasteiger partial charge in [-0.25, -0.2) is 0 Å². The van der Waals surface area contributed by atoms with Crippen molar-refractivity contribution in [3.63, 3.8) is 0 Å². The fourth-order valence-corrected chi connectivity index (χ4v) is 2.77. The van der Waals surface area contributed by atoms with Crippen LogP contribution in [0.1, 0.15) is 23.4 Å². The predicted molar refractivity (Wildman–Crippen MR) is 81.4 cm³/mol. The van der Waals surface area contributed by atoms with Crippen molar-refractivity contribution >= 4 is 40.8 Å². The molecule has 0 aliphatic carbocycles. The van der Waals surface area contributed by atoms with Gasteiger partial charge < -0.3 is 9.26 Å². The molecule has 2 rings (SSSR count). The average Bonchev–Trinajstić information content (AvgIpc) is 2.71. The number of halogens is 3. The van der Waals surface area contributed by atoms with Gasteiger partial charge in [-0.2, -0.15) is 0 Å². The summed E-state index contributed by atoms with van der Waals surface area (Å²) < 4.78 is 10.2. The lowest BCUT2D eigenvalue weighted by Gasteiger charge is -2.08. The summed E-state index contributed by atoms with van der Waals surface area (Å²) in [4.78, 5) is 11.9. The Bertz CT molecular complexity index is 640. The highest BCUT2D eigenvalue weighted by atomic mass is 35.5. The average molecular weight is 349 g/mol. The van der Waals surface area contributed by atoms with E-state index in [-0.39, 0.29) is 22.2 Å². The molecule has 0 amide bonds. The van der Waals surface area contributed by atoms with Crippen LogP contribution in [0, 0.1) is 13.8 Å². The Morgan fingerprint density at radius 2 is 1.86 bits per heavy atom. The summed E-state index contributed by atoms with van der Waals surface area (Å²) in [5, 5.41) is 4.59. The Balaban J connectivity index is 2.03. The molecule has 7 heteroatoms. The first kappa shape index (κ1) is 16.1. The molecular weight excluding hydrogens is 337 g/mol. The zero-order valence-electron chi connectivity index (χ0n) is 11.4. The van der Waals surface area contributed by atoms with E-state index in [1.807, 2.05) is 6.92 Å². The second-order valence-electron chi connectivity index (χ2n) is 4.48. The molecule has 0 saturated heterocycles. The standard InChI is InChI=1S/C14H12Cl3NO3/c1-7-10(8(2)21-18-7)3-4-13(19)20-14-11(16)5-9(15)6-12(14)17/h5-6H,3-4H2,1-2H3. The van der Waals surface area contributed by atoms with Gasteiger partial charge >= 0.3 is 5.97 Å². The third kappa shape index (κ3) is 3.90. The first-order valence-corrected chi connectivity index (χ1v) is 7.29. The minimum atomic E-state index is -0.443. The van der Waals surface area contributed by atoms with E-state index < -0.39 is 5.97 Å². The second kappa shape index (κ2) is 6.69. The van der Waals surface area contributed by atoms with Crippen LogP contribution in [-0.4, -0.2) is 11.1 Å². The summed E-state index contributed by atoms with van der Waals surface area (Å²) in [5.41, 5.74) is 1.67. The second-order valence-corrected chi connectivity index (χ2v) is 5.73. The highest BCUT2D eigenvalue weighted by Gasteiger charge is 2.16. The normalized spacial score (nSPS) is 10.7. The monoisotopic (exact) mass is 347 g/mol. The summed E-state index contributed by atoms with van der Waals surface area (Å²) >= 11 is 17.7. The number of benzene rings is 1. The number of nitrogens with zero attached hydrogens (tertiary/aromatic N) is 1. The van der Waals surface area contributed by atoms with E-state index in [2.05, 4.69) is 5.16 Å². The molecule has 2 aromatic rings. The van der Waals surface area contributed by atoms with Crippen molar-refractivity contribution in [2.75, 3.05) is 0 Å². The molecule has 0 fully saturated rings. The van der Waals surface area contributed by atoms with Gasteiger partial charge in [-0.1, -0.05) is 40.0 Å². The number of hydrogen-bond donors (Lipinski definition) is 0. The van der Waals surface area contributed by atoms with Gasteiger partial charge in [0.1, 0.15) is 5.76 Å². The van der Waals surface area contributed by atoms with Crippen LogP contribution in [0.4, 0.5) is 0 Å². The summed E-state index contributed by atoms with van der Waals surface area (Å²) in [7, 11) is 0. The van der Waals surface area contributed by atoms with Gasteiger partial charge in [-0.15, -0.1) is 0 Å². The molecule has 0 saturated carbocycles. The molecule has 0 radical (unpaired) electrons. The summed E-state index contributed by atoms with van der Waals surface area (Å²) in [6.07, 6.45) is 0.640. The van der Waals surface area contributed by atoms with Crippen molar-refractivity contribution < 1.29 is 14.1 Å². The zero-order chi connectivity index (χ0) is 15.6. The Kier molecular flexibility index (Phi) is 5.14. The number of carbonyl (C=O) groups excluding carboxylic acids is 1. The smallest absolute Gasteiger partial charge is 0.311 e. The molecule has 0 spiro atoms. The molecular formula is C14H12Cl3NO3. The number of aromatic nitrogens is 1. The van der Waals surface area contributed by atoms with E-state index in [4.69, 9.17) is 44.1 Å². The van der Waals surface area contributed by atoms with Crippen LogP contribution in [-0.2, 0) is 11.2 Å². The molecule has 0 unspecified atom stereocenters. The molecule has 0 aliphatic rings. The number of esters is 1. The molecule has 4 nitrogen and oxygen atoms in total. The van der Waals surface area contributed by atoms with Crippen molar-refractivity contribution in [2.45, 2.75) is 26.7 Å². The van der Waals surface area contributed by atoms with Gasteiger partial charge in [0.2, 0.25) is 0 Å². The predicted octanol–water partition coefficient (Wildman–Crippen LogP) is 4.79. The first-order chi connectivity index (χ1) is 9.88. The molecule has 112 valence electrons.